The van der Waals surface area contributed by atoms with Crippen molar-refractivity contribution >= 4 is 5.91 Å². The van der Waals surface area contributed by atoms with Gasteiger partial charge in [0.1, 0.15) is 0 Å². The van der Waals surface area contributed by atoms with E-state index in [0.717, 1.165) is 25.9 Å². The second-order valence-corrected chi connectivity index (χ2v) is 5.21. The molecule has 0 radical (unpaired) electrons. The summed E-state index contributed by atoms with van der Waals surface area (Å²) in [6, 6.07) is 0. The highest BCUT2D eigenvalue weighted by molar-refractivity contribution is 5.79. The van der Waals surface area contributed by atoms with E-state index in [1.807, 2.05) is 6.92 Å². The number of hydrogen-bond acceptors (Lipinski definition) is 3. The van der Waals surface area contributed by atoms with E-state index in [4.69, 9.17) is 0 Å². The quantitative estimate of drug-likeness (QED) is 0.741. The molecule has 1 aliphatic heterocycles. The summed E-state index contributed by atoms with van der Waals surface area (Å²) in [5, 5.41) is 13.0. The van der Waals surface area contributed by atoms with E-state index < -0.39 is 5.60 Å². The summed E-state index contributed by atoms with van der Waals surface area (Å²) in [5.41, 5.74) is -0.812. The molecule has 0 saturated carbocycles. The highest BCUT2D eigenvalue weighted by Gasteiger charge is 2.28. The van der Waals surface area contributed by atoms with Crippen LogP contribution in [-0.2, 0) is 4.79 Å². The van der Waals surface area contributed by atoms with Crippen LogP contribution in [0.5, 0.6) is 0 Å². The Morgan fingerprint density at radius 3 is 2.69 bits per heavy atom. The fourth-order valence-corrected chi connectivity index (χ4v) is 2.13. The average Bonchev–Trinajstić information content (AvgIpc) is 2.25. The minimum atomic E-state index is -0.812. The van der Waals surface area contributed by atoms with Crippen molar-refractivity contribution in [1.29, 1.82) is 0 Å². The topological polar surface area (TPSA) is 52.6 Å². The van der Waals surface area contributed by atoms with Crippen molar-refractivity contribution in [2.75, 3.05) is 26.2 Å². The zero-order valence-corrected chi connectivity index (χ0v) is 10.6. The fraction of sp³-hybridized carbons (Fsp3) is 0.917. The SMILES string of the molecule is CCN(CC(C)(C)O)C(=O)[C@H]1CCCNC1. The zero-order chi connectivity index (χ0) is 12.2. The van der Waals surface area contributed by atoms with Crippen LogP contribution in [0.3, 0.4) is 0 Å². The van der Waals surface area contributed by atoms with Gasteiger partial charge in [-0.05, 0) is 40.2 Å². The molecule has 1 fully saturated rings. The number of aliphatic hydroxyl groups is 1. The number of nitrogens with zero attached hydrogens (tertiary/aromatic N) is 1. The minimum Gasteiger partial charge on any atom is -0.389 e. The first-order valence-electron chi connectivity index (χ1n) is 6.16. The third-order valence-electron chi connectivity index (χ3n) is 2.92. The lowest BCUT2D eigenvalue weighted by Crippen LogP contribution is -2.47. The lowest BCUT2D eigenvalue weighted by atomic mass is 9.97. The van der Waals surface area contributed by atoms with Crippen molar-refractivity contribution in [3.63, 3.8) is 0 Å². The van der Waals surface area contributed by atoms with Crippen molar-refractivity contribution < 1.29 is 9.90 Å². The molecule has 0 aliphatic carbocycles. The number of likely N-dealkylation sites (N-methyl/N-ethyl adjacent to an activating group) is 1. The van der Waals surface area contributed by atoms with Crippen LogP contribution >= 0.6 is 0 Å². The first-order valence-corrected chi connectivity index (χ1v) is 6.16. The number of carbonyl (C=O) groups is 1. The van der Waals surface area contributed by atoms with Gasteiger partial charge in [0, 0.05) is 19.6 Å². The van der Waals surface area contributed by atoms with Gasteiger partial charge in [0.05, 0.1) is 11.5 Å². The van der Waals surface area contributed by atoms with Crippen molar-refractivity contribution in [2.24, 2.45) is 5.92 Å². The van der Waals surface area contributed by atoms with Gasteiger partial charge in [-0.3, -0.25) is 4.79 Å². The summed E-state index contributed by atoms with van der Waals surface area (Å²) in [6.07, 6.45) is 2.03. The van der Waals surface area contributed by atoms with Gasteiger partial charge in [0.25, 0.3) is 0 Å². The minimum absolute atomic E-state index is 0.0936. The van der Waals surface area contributed by atoms with E-state index in [9.17, 15) is 9.90 Å². The Morgan fingerprint density at radius 1 is 1.56 bits per heavy atom. The molecule has 0 bridgehead atoms. The van der Waals surface area contributed by atoms with Crippen molar-refractivity contribution in [3.8, 4) is 0 Å². The summed E-state index contributed by atoms with van der Waals surface area (Å²) in [7, 11) is 0. The van der Waals surface area contributed by atoms with Crippen LogP contribution in [-0.4, -0.2) is 47.7 Å². The Labute approximate surface area is 98.0 Å². The second-order valence-electron chi connectivity index (χ2n) is 5.21. The number of nitrogens with one attached hydrogen (secondary N) is 1. The van der Waals surface area contributed by atoms with Gasteiger partial charge in [0.15, 0.2) is 0 Å². The second kappa shape index (κ2) is 5.64. The number of rotatable bonds is 4. The molecule has 1 heterocycles. The Hall–Kier alpha value is -0.610. The maximum Gasteiger partial charge on any atom is 0.227 e. The molecule has 0 aromatic heterocycles. The molecule has 0 unspecified atom stereocenters. The summed E-state index contributed by atoms with van der Waals surface area (Å²) >= 11 is 0. The van der Waals surface area contributed by atoms with Crippen LogP contribution in [0.25, 0.3) is 0 Å². The van der Waals surface area contributed by atoms with E-state index in [1.54, 1.807) is 18.7 Å². The number of hydrogen-bond donors (Lipinski definition) is 2. The van der Waals surface area contributed by atoms with Crippen LogP contribution < -0.4 is 5.32 Å². The van der Waals surface area contributed by atoms with E-state index in [-0.39, 0.29) is 11.8 Å². The average molecular weight is 228 g/mol. The number of carbonyl (C=O) groups excluding carboxylic acids is 1. The maximum atomic E-state index is 12.2. The summed E-state index contributed by atoms with van der Waals surface area (Å²) in [5.74, 6) is 0.271. The molecular weight excluding hydrogens is 204 g/mol. The van der Waals surface area contributed by atoms with E-state index in [1.165, 1.54) is 0 Å². The van der Waals surface area contributed by atoms with Gasteiger partial charge in [-0.2, -0.15) is 0 Å². The zero-order valence-electron chi connectivity index (χ0n) is 10.6. The lowest BCUT2D eigenvalue weighted by Gasteiger charge is -2.32. The lowest BCUT2D eigenvalue weighted by molar-refractivity contribution is -0.138. The predicted octanol–water partition coefficient (Wildman–Crippen LogP) is 0.605. The van der Waals surface area contributed by atoms with Crippen molar-refractivity contribution in [3.05, 3.63) is 0 Å². The largest absolute Gasteiger partial charge is 0.389 e. The molecule has 1 atom stereocenters. The maximum absolute atomic E-state index is 12.2. The summed E-state index contributed by atoms with van der Waals surface area (Å²) in [4.78, 5) is 13.9. The van der Waals surface area contributed by atoms with Crippen molar-refractivity contribution in [2.45, 2.75) is 39.2 Å². The molecule has 1 rings (SSSR count). The van der Waals surface area contributed by atoms with Gasteiger partial charge in [-0.25, -0.2) is 0 Å². The van der Waals surface area contributed by atoms with Crippen LogP contribution in [0, 0.1) is 5.92 Å². The highest BCUT2D eigenvalue weighted by Crippen LogP contribution is 2.15. The van der Waals surface area contributed by atoms with E-state index >= 15 is 0 Å². The van der Waals surface area contributed by atoms with Crippen LogP contribution in [0.2, 0.25) is 0 Å². The third-order valence-corrected chi connectivity index (χ3v) is 2.92. The third kappa shape index (κ3) is 4.10. The normalized spacial score (nSPS) is 21.9. The summed E-state index contributed by atoms with van der Waals surface area (Å²) in [6.45, 7) is 8.31. The molecule has 0 aromatic carbocycles. The molecule has 0 aromatic rings. The van der Waals surface area contributed by atoms with Gasteiger partial charge < -0.3 is 15.3 Å². The fourth-order valence-electron chi connectivity index (χ4n) is 2.13. The first-order chi connectivity index (χ1) is 7.44. The smallest absolute Gasteiger partial charge is 0.227 e. The molecule has 1 amide bonds. The van der Waals surface area contributed by atoms with Crippen LogP contribution in [0.1, 0.15) is 33.6 Å². The molecule has 1 saturated heterocycles. The predicted molar refractivity (Wildman–Crippen MR) is 64.1 cm³/mol. The number of piperidine rings is 1. The number of amides is 1. The molecular formula is C12H24N2O2. The highest BCUT2D eigenvalue weighted by atomic mass is 16.3. The molecule has 1 aliphatic rings. The molecule has 94 valence electrons. The monoisotopic (exact) mass is 228 g/mol. The van der Waals surface area contributed by atoms with Gasteiger partial charge in [0.2, 0.25) is 5.91 Å². The van der Waals surface area contributed by atoms with E-state index in [2.05, 4.69) is 5.32 Å². The van der Waals surface area contributed by atoms with Crippen LogP contribution in [0.4, 0.5) is 0 Å². The summed E-state index contributed by atoms with van der Waals surface area (Å²) < 4.78 is 0. The molecule has 16 heavy (non-hydrogen) atoms. The first kappa shape index (κ1) is 13.5. The van der Waals surface area contributed by atoms with E-state index in [0.29, 0.717) is 13.1 Å². The Bertz CT molecular complexity index is 230. The van der Waals surface area contributed by atoms with Crippen LogP contribution in [0.15, 0.2) is 0 Å². The molecule has 2 N–H and O–H groups in total. The van der Waals surface area contributed by atoms with Gasteiger partial charge in [-0.1, -0.05) is 0 Å². The Balaban J connectivity index is 2.54. The Kier molecular flexibility index (Phi) is 4.74. The van der Waals surface area contributed by atoms with Crippen molar-refractivity contribution in [1.82, 2.24) is 10.2 Å². The van der Waals surface area contributed by atoms with Gasteiger partial charge in [-0.15, -0.1) is 0 Å². The van der Waals surface area contributed by atoms with Gasteiger partial charge >= 0.3 is 0 Å². The molecule has 4 heteroatoms. The Morgan fingerprint density at radius 2 is 2.25 bits per heavy atom. The molecule has 4 nitrogen and oxygen atoms in total. The standard InChI is InChI=1S/C12H24N2O2/c1-4-14(9-12(2,3)16)11(15)10-6-5-7-13-8-10/h10,13,16H,4-9H2,1-3H3/t10-/m0/s1. The molecule has 0 spiro atoms.